The molecule has 2 saturated heterocycles. The summed E-state index contributed by atoms with van der Waals surface area (Å²) in [6.45, 7) is 7.22. The van der Waals surface area contributed by atoms with Crippen LogP contribution in [0, 0.1) is 5.92 Å². The van der Waals surface area contributed by atoms with Gasteiger partial charge >= 0.3 is 5.97 Å². The van der Waals surface area contributed by atoms with Gasteiger partial charge in [-0.15, -0.1) is 0 Å². The first-order chi connectivity index (χ1) is 12.5. The van der Waals surface area contributed by atoms with Crippen LogP contribution in [-0.2, 0) is 4.79 Å². The molecule has 0 bridgehead atoms. The summed E-state index contributed by atoms with van der Waals surface area (Å²) in [4.78, 5) is 18.2. The zero-order valence-electron chi connectivity index (χ0n) is 15.1. The van der Waals surface area contributed by atoms with Gasteiger partial charge in [-0.3, -0.25) is 9.69 Å². The number of hydrogen-bond donors (Lipinski definition) is 2. The molecule has 3 rings (SSSR count). The third-order valence-corrected chi connectivity index (χ3v) is 5.71. The second kappa shape index (κ2) is 9.04. The molecule has 0 aromatic heterocycles. The molecule has 1 aromatic rings. The first kappa shape index (κ1) is 19.4. The molecule has 2 atom stereocenters. The SMILES string of the molecule is O=C(O)[C@H]1CN(CCCN2CCN(c3cccc(Cl)c3)CC2)CC[C@@H]1O. The number of carbonyl (C=O) groups is 1. The smallest absolute Gasteiger partial charge is 0.310 e. The molecule has 0 amide bonds. The van der Waals surface area contributed by atoms with Gasteiger partial charge in [0.15, 0.2) is 0 Å². The zero-order valence-corrected chi connectivity index (χ0v) is 15.8. The largest absolute Gasteiger partial charge is 0.481 e. The van der Waals surface area contributed by atoms with Crippen LogP contribution in [0.5, 0.6) is 0 Å². The summed E-state index contributed by atoms with van der Waals surface area (Å²) in [5.41, 5.74) is 1.18. The number of carboxylic acids is 1. The first-order valence-corrected chi connectivity index (χ1v) is 9.77. The third-order valence-electron chi connectivity index (χ3n) is 5.47. The Morgan fingerprint density at radius 1 is 1.12 bits per heavy atom. The van der Waals surface area contributed by atoms with Crippen molar-refractivity contribution in [2.45, 2.75) is 18.9 Å². The van der Waals surface area contributed by atoms with Gasteiger partial charge in [0.05, 0.1) is 12.0 Å². The van der Waals surface area contributed by atoms with Gasteiger partial charge in [0.1, 0.15) is 0 Å². The lowest BCUT2D eigenvalue weighted by molar-refractivity contribution is -0.148. The summed E-state index contributed by atoms with van der Waals surface area (Å²) in [6, 6.07) is 8.01. The van der Waals surface area contributed by atoms with Crippen LogP contribution in [0.3, 0.4) is 0 Å². The van der Waals surface area contributed by atoms with Crippen molar-refractivity contribution in [3.8, 4) is 0 Å². The summed E-state index contributed by atoms with van der Waals surface area (Å²) in [5.74, 6) is -1.54. The maximum Gasteiger partial charge on any atom is 0.310 e. The molecule has 0 radical (unpaired) electrons. The number of aliphatic hydroxyl groups excluding tert-OH is 1. The van der Waals surface area contributed by atoms with Crippen LogP contribution in [0.25, 0.3) is 0 Å². The quantitative estimate of drug-likeness (QED) is 0.780. The van der Waals surface area contributed by atoms with Crippen LogP contribution in [0.2, 0.25) is 5.02 Å². The molecule has 2 heterocycles. The summed E-state index contributed by atoms with van der Waals surface area (Å²) < 4.78 is 0. The van der Waals surface area contributed by atoms with Crippen LogP contribution in [-0.4, -0.2) is 84.4 Å². The van der Waals surface area contributed by atoms with Crippen molar-refractivity contribution in [1.82, 2.24) is 9.80 Å². The van der Waals surface area contributed by atoms with Gasteiger partial charge in [0, 0.05) is 50.0 Å². The number of piperidine rings is 1. The van der Waals surface area contributed by atoms with E-state index in [1.165, 1.54) is 5.69 Å². The topological polar surface area (TPSA) is 67.2 Å². The van der Waals surface area contributed by atoms with Crippen LogP contribution < -0.4 is 4.90 Å². The van der Waals surface area contributed by atoms with E-state index < -0.39 is 18.0 Å². The summed E-state index contributed by atoms with van der Waals surface area (Å²) in [7, 11) is 0. The fourth-order valence-electron chi connectivity index (χ4n) is 3.87. The number of carboxylic acid groups (broad SMARTS) is 1. The average Bonchev–Trinajstić information content (AvgIpc) is 2.63. The number of hydrogen-bond acceptors (Lipinski definition) is 5. The average molecular weight is 382 g/mol. The minimum atomic E-state index is -0.890. The Morgan fingerprint density at radius 3 is 2.54 bits per heavy atom. The molecule has 0 aliphatic carbocycles. The van der Waals surface area contributed by atoms with E-state index in [1.807, 2.05) is 18.2 Å². The minimum Gasteiger partial charge on any atom is -0.481 e. The number of aliphatic hydroxyl groups is 1. The van der Waals surface area contributed by atoms with Crippen molar-refractivity contribution in [2.24, 2.45) is 5.92 Å². The van der Waals surface area contributed by atoms with E-state index in [0.717, 1.165) is 57.3 Å². The van der Waals surface area contributed by atoms with Crippen LogP contribution in [0.15, 0.2) is 24.3 Å². The molecule has 144 valence electrons. The monoisotopic (exact) mass is 381 g/mol. The normalized spacial score (nSPS) is 25.4. The summed E-state index contributed by atoms with van der Waals surface area (Å²) >= 11 is 6.08. The molecule has 0 unspecified atom stereocenters. The number of nitrogens with zero attached hydrogens (tertiary/aromatic N) is 3. The van der Waals surface area contributed by atoms with Crippen molar-refractivity contribution < 1.29 is 15.0 Å². The summed E-state index contributed by atoms with van der Waals surface area (Å²) in [6.07, 6.45) is 0.873. The number of anilines is 1. The van der Waals surface area contributed by atoms with E-state index in [9.17, 15) is 15.0 Å². The Morgan fingerprint density at radius 2 is 1.85 bits per heavy atom. The van der Waals surface area contributed by atoms with Crippen molar-refractivity contribution in [2.75, 3.05) is 57.3 Å². The maximum atomic E-state index is 11.2. The number of piperazine rings is 1. The number of rotatable bonds is 6. The molecule has 0 spiro atoms. The van der Waals surface area contributed by atoms with Crippen LogP contribution in [0.4, 0.5) is 5.69 Å². The molecule has 1 aromatic carbocycles. The molecule has 7 heteroatoms. The number of likely N-dealkylation sites (tertiary alicyclic amines) is 1. The fraction of sp³-hybridized carbons (Fsp3) is 0.632. The molecule has 2 aliphatic heterocycles. The molecular formula is C19H28ClN3O3. The molecule has 2 N–H and O–H groups in total. The van der Waals surface area contributed by atoms with Gasteiger partial charge in [0.2, 0.25) is 0 Å². The highest BCUT2D eigenvalue weighted by atomic mass is 35.5. The Bertz CT molecular complexity index is 607. The van der Waals surface area contributed by atoms with Crippen LogP contribution in [0.1, 0.15) is 12.8 Å². The third kappa shape index (κ3) is 5.10. The second-order valence-corrected chi connectivity index (χ2v) is 7.70. The molecule has 0 saturated carbocycles. The highest BCUT2D eigenvalue weighted by molar-refractivity contribution is 6.30. The van der Waals surface area contributed by atoms with E-state index in [-0.39, 0.29) is 0 Å². The van der Waals surface area contributed by atoms with Gasteiger partial charge in [0.25, 0.3) is 0 Å². The Kier molecular flexibility index (Phi) is 6.75. The fourth-order valence-corrected chi connectivity index (χ4v) is 4.06. The van der Waals surface area contributed by atoms with Crippen molar-refractivity contribution in [1.29, 1.82) is 0 Å². The highest BCUT2D eigenvalue weighted by Gasteiger charge is 2.32. The summed E-state index contributed by atoms with van der Waals surface area (Å²) in [5, 5.41) is 19.8. The first-order valence-electron chi connectivity index (χ1n) is 9.39. The highest BCUT2D eigenvalue weighted by Crippen LogP contribution is 2.21. The number of benzene rings is 1. The Hall–Kier alpha value is -1.34. The van der Waals surface area contributed by atoms with Crippen molar-refractivity contribution in [3.05, 3.63) is 29.3 Å². The Balaban J connectivity index is 1.37. The second-order valence-electron chi connectivity index (χ2n) is 7.26. The number of halogens is 1. The van der Waals surface area contributed by atoms with Gasteiger partial charge in [-0.25, -0.2) is 0 Å². The van der Waals surface area contributed by atoms with E-state index >= 15 is 0 Å². The van der Waals surface area contributed by atoms with Gasteiger partial charge in [-0.05, 0) is 44.1 Å². The lowest BCUT2D eigenvalue weighted by Gasteiger charge is -2.37. The van der Waals surface area contributed by atoms with E-state index in [0.29, 0.717) is 13.0 Å². The van der Waals surface area contributed by atoms with Gasteiger partial charge < -0.3 is 20.0 Å². The number of aliphatic carboxylic acids is 1. The van der Waals surface area contributed by atoms with E-state index in [2.05, 4.69) is 20.8 Å². The predicted octanol–water partition coefficient (Wildman–Crippen LogP) is 1.62. The molecule has 2 fully saturated rings. The Labute approximate surface area is 159 Å². The minimum absolute atomic E-state index is 0.457. The van der Waals surface area contributed by atoms with Crippen LogP contribution >= 0.6 is 11.6 Å². The van der Waals surface area contributed by atoms with E-state index in [4.69, 9.17) is 11.6 Å². The molecular weight excluding hydrogens is 354 g/mol. The molecule has 26 heavy (non-hydrogen) atoms. The lowest BCUT2D eigenvalue weighted by atomic mass is 9.95. The zero-order chi connectivity index (χ0) is 18.5. The van der Waals surface area contributed by atoms with Gasteiger partial charge in [-0.1, -0.05) is 17.7 Å². The molecule has 6 nitrogen and oxygen atoms in total. The van der Waals surface area contributed by atoms with E-state index in [1.54, 1.807) is 0 Å². The van der Waals surface area contributed by atoms with Crippen molar-refractivity contribution >= 4 is 23.3 Å². The predicted molar refractivity (Wildman–Crippen MR) is 103 cm³/mol. The standard InChI is InChI=1S/C19H28ClN3O3/c20-15-3-1-4-16(13-15)23-11-9-21(10-12-23)6-2-7-22-8-5-18(24)17(14-22)19(25)26/h1,3-4,13,17-18,24H,2,5-12,14H2,(H,25,26)/t17-,18-/m0/s1. The van der Waals surface area contributed by atoms with Gasteiger partial charge in [-0.2, -0.15) is 0 Å². The lowest BCUT2D eigenvalue weighted by Crippen LogP contribution is -2.48. The van der Waals surface area contributed by atoms with Crippen molar-refractivity contribution in [3.63, 3.8) is 0 Å². The molecule has 2 aliphatic rings. The maximum absolute atomic E-state index is 11.2.